The molecule has 1 aromatic carbocycles. The summed E-state index contributed by atoms with van der Waals surface area (Å²) in [6.45, 7) is 11.5. The molecule has 0 amide bonds. The van der Waals surface area contributed by atoms with Gasteiger partial charge in [0.2, 0.25) is 0 Å². The van der Waals surface area contributed by atoms with Crippen molar-refractivity contribution in [3.8, 4) is 11.8 Å². The molecule has 5 nitrogen and oxygen atoms in total. The van der Waals surface area contributed by atoms with Gasteiger partial charge in [0.05, 0.1) is 12.6 Å². The number of piperazine rings is 1. The Morgan fingerprint density at radius 1 is 1.12 bits per heavy atom. The summed E-state index contributed by atoms with van der Waals surface area (Å²) < 4.78 is 5.71. The molecule has 0 saturated carbocycles. The van der Waals surface area contributed by atoms with E-state index in [0.717, 1.165) is 31.9 Å². The van der Waals surface area contributed by atoms with Gasteiger partial charge in [-0.2, -0.15) is 5.26 Å². The molecule has 5 heteroatoms. The smallest absolute Gasteiger partial charge is 0.119 e. The third kappa shape index (κ3) is 5.79. The highest BCUT2D eigenvalue weighted by Gasteiger charge is 2.19. The van der Waals surface area contributed by atoms with Gasteiger partial charge >= 0.3 is 0 Å². The second kappa shape index (κ2) is 8.48. The number of nitriles is 1. The van der Waals surface area contributed by atoms with Gasteiger partial charge in [-0.05, 0) is 23.1 Å². The van der Waals surface area contributed by atoms with Gasteiger partial charge in [0.15, 0.2) is 0 Å². The van der Waals surface area contributed by atoms with E-state index in [1.807, 2.05) is 12.1 Å². The van der Waals surface area contributed by atoms with Crippen molar-refractivity contribution in [2.24, 2.45) is 0 Å². The maximum Gasteiger partial charge on any atom is 0.119 e. The molecule has 1 unspecified atom stereocenters. The molecule has 1 N–H and O–H groups in total. The molecule has 0 aliphatic carbocycles. The summed E-state index contributed by atoms with van der Waals surface area (Å²) in [5.74, 6) is 0.792. The topological polar surface area (TPSA) is 59.7 Å². The predicted molar refractivity (Wildman–Crippen MR) is 95.1 cm³/mol. The third-order valence-corrected chi connectivity index (χ3v) is 4.39. The number of hydrogen-bond donors (Lipinski definition) is 1. The molecule has 1 heterocycles. The number of β-amino-alcohol motifs (C(OH)–C–C–N with tert-alkyl or cyclic N) is 1. The first-order valence-corrected chi connectivity index (χ1v) is 8.61. The van der Waals surface area contributed by atoms with Crippen LogP contribution >= 0.6 is 0 Å². The van der Waals surface area contributed by atoms with Crippen molar-refractivity contribution in [1.29, 1.82) is 5.26 Å². The maximum absolute atomic E-state index is 10.2. The van der Waals surface area contributed by atoms with Crippen LogP contribution in [0.4, 0.5) is 0 Å². The molecule has 1 aliphatic heterocycles. The predicted octanol–water partition coefficient (Wildman–Crippen LogP) is 1.86. The second-order valence-electron chi connectivity index (χ2n) is 7.47. The molecule has 2 rings (SSSR count). The van der Waals surface area contributed by atoms with Crippen molar-refractivity contribution >= 4 is 0 Å². The van der Waals surface area contributed by atoms with E-state index in [1.165, 1.54) is 5.56 Å². The first-order valence-electron chi connectivity index (χ1n) is 8.61. The van der Waals surface area contributed by atoms with Crippen molar-refractivity contribution in [2.75, 3.05) is 45.9 Å². The number of aliphatic hydroxyl groups is 1. The van der Waals surface area contributed by atoms with Crippen LogP contribution in [0.1, 0.15) is 26.3 Å². The van der Waals surface area contributed by atoms with Gasteiger partial charge in [-0.1, -0.05) is 32.9 Å². The number of nitrogens with zero attached hydrogens (tertiary/aromatic N) is 3. The van der Waals surface area contributed by atoms with E-state index in [9.17, 15) is 5.11 Å². The van der Waals surface area contributed by atoms with Crippen molar-refractivity contribution in [3.63, 3.8) is 0 Å². The van der Waals surface area contributed by atoms with Gasteiger partial charge in [0, 0.05) is 32.7 Å². The summed E-state index contributed by atoms with van der Waals surface area (Å²) in [5, 5.41) is 18.9. The molecular formula is C19H29N3O2. The van der Waals surface area contributed by atoms with E-state index in [-0.39, 0.29) is 5.41 Å². The lowest BCUT2D eigenvalue weighted by molar-refractivity contribution is 0.0484. The Morgan fingerprint density at radius 3 is 2.25 bits per heavy atom. The fraction of sp³-hybridized carbons (Fsp3) is 0.632. The lowest BCUT2D eigenvalue weighted by Gasteiger charge is -2.34. The first-order chi connectivity index (χ1) is 11.4. The molecule has 1 aromatic rings. The van der Waals surface area contributed by atoms with Gasteiger partial charge in [-0.3, -0.25) is 9.80 Å². The fourth-order valence-electron chi connectivity index (χ4n) is 2.82. The Balaban J connectivity index is 1.72. The number of benzene rings is 1. The number of ether oxygens (including phenoxy) is 1. The largest absolute Gasteiger partial charge is 0.491 e. The number of hydrogen-bond acceptors (Lipinski definition) is 5. The molecular weight excluding hydrogens is 302 g/mol. The maximum atomic E-state index is 10.2. The minimum absolute atomic E-state index is 0.131. The molecule has 1 atom stereocenters. The van der Waals surface area contributed by atoms with Crippen molar-refractivity contribution in [3.05, 3.63) is 29.8 Å². The third-order valence-electron chi connectivity index (χ3n) is 4.39. The van der Waals surface area contributed by atoms with E-state index in [1.54, 1.807) is 0 Å². The monoisotopic (exact) mass is 331 g/mol. The van der Waals surface area contributed by atoms with E-state index < -0.39 is 6.10 Å². The van der Waals surface area contributed by atoms with Gasteiger partial charge in [-0.25, -0.2) is 0 Å². The highest BCUT2D eigenvalue weighted by molar-refractivity contribution is 5.31. The van der Waals surface area contributed by atoms with Gasteiger partial charge in [-0.15, -0.1) is 0 Å². The lowest BCUT2D eigenvalue weighted by Crippen LogP contribution is -2.49. The van der Waals surface area contributed by atoms with E-state index in [2.05, 4.69) is 48.8 Å². The minimum Gasteiger partial charge on any atom is -0.491 e. The van der Waals surface area contributed by atoms with Crippen LogP contribution in [0.5, 0.6) is 5.75 Å². The second-order valence-corrected chi connectivity index (χ2v) is 7.47. The molecule has 0 aromatic heterocycles. The van der Waals surface area contributed by atoms with Crippen molar-refractivity contribution in [1.82, 2.24) is 9.80 Å². The van der Waals surface area contributed by atoms with Crippen LogP contribution in [0.3, 0.4) is 0 Å². The van der Waals surface area contributed by atoms with Gasteiger partial charge in [0.1, 0.15) is 18.5 Å². The zero-order valence-corrected chi connectivity index (χ0v) is 15.0. The van der Waals surface area contributed by atoms with Crippen molar-refractivity contribution in [2.45, 2.75) is 32.3 Å². The van der Waals surface area contributed by atoms with Crippen LogP contribution < -0.4 is 4.74 Å². The molecule has 1 aliphatic rings. The van der Waals surface area contributed by atoms with E-state index in [4.69, 9.17) is 10.00 Å². The minimum atomic E-state index is -0.505. The van der Waals surface area contributed by atoms with E-state index in [0.29, 0.717) is 19.7 Å². The van der Waals surface area contributed by atoms with Crippen LogP contribution in [-0.2, 0) is 5.41 Å². The standard InChI is InChI=1S/C19H29N3O2/c1-19(2,3)16-4-6-18(7-5-16)24-15-17(23)14-22-12-10-21(9-8-20)11-13-22/h4-7,17,23H,9-15H2,1-3H3. The van der Waals surface area contributed by atoms with Crippen LogP contribution in [0, 0.1) is 11.3 Å². The Bertz CT molecular complexity index is 537. The fourth-order valence-corrected chi connectivity index (χ4v) is 2.82. The highest BCUT2D eigenvalue weighted by Crippen LogP contribution is 2.24. The van der Waals surface area contributed by atoms with Crippen molar-refractivity contribution < 1.29 is 9.84 Å². The number of aliphatic hydroxyl groups excluding tert-OH is 1. The molecule has 132 valence electrons. The molecule has 1 fully saturated rings. The molecule has 0 radical (unpaired) electrons. The Morgan fingerprint density at radius 2 is 1.71 bits per heavy atom. The zero-order chi connectivity index (χ0) is 17.6. The molecule has 1 saturated heterocycles. The van der Waals surface area contributed by atoms with Crippen LogP contribution in [0.25, 0.3) is 0 Å². The zero-order valence-electron chi connectivity index (χ0n) is 15.0. The van der Waals surface area contributed by atoms with Crippen LogP contribution in [-0.4, -0.2) is 66.9 Å². The van der Waals surface area contributed by atoms with Crippen LogP contribution in [0.2, 0.25) is 0 Å². The molecule has 0 bridgehead atoms. The summed E-state index contributed by atoms with van der Waals surface area (Å²) in [6, 6.07) is 10.3. The Kier molecular flexibility index (Phi) is 6.61. The van der Waals surface area contributed by atoms with Gasteiger partial charge < -0.3 is 9.84 Å². The summed E-state index contributed by atoms with van der Waals surface area (Å²) >= 11 is 0. The van der Waals surface area contributed by atoms with Crippen LogP contribution in [0.15, 0.2) is 24.3 Å². The summed E-state index contributed by atoms with van der Waals surface area (Å²) in [5.41, 5.74) is 1.40. The highest BCUT2D eigenvalue weighted by atomic mass is 16.5. The summed E-state index contributed by atoms with van der Waals surface area (Å²) in [6.07, 6.45) is -0.505. The lowest BCUT2D eigenvalue weighted by atomic mass is 9.87. The van der Waals surface area contributed by atoms with Gasteiger partial charge in [0.25, 0.3) is 0 Å². The quantitative estimate of drug-likeness (QED) is 0.807. The molecule has 24 heavy (non-hydrogen) atoms. The van der Waals surface area contributed by atoms with E-state index >= 15 is 0 Å². The Labute approximate surface area is 145 Å². The Hall–Kier alpha value is -1.61. The SMILES string of the molecule is CC(C)(C)c1ccc(OCC(O)CN2CCN(CC#N)CC2)cc1. The molecule has 0 spiro atoms. The summed E-state index contributed by atoms with van der Waals surface area (Å²) in [7, 11) is 0. The number of rotatable bonds is 6. The first kappa shape index (κ1) is 18.7. The average Bonchev–Trinajstić information content (AvgIpc) is 2.55. The average molecular weight is 331 g/mol. The summed E-state index contributed by atoms with van der Waals surface area (Å²) in [4.78, 5) is 4.36. The normalized spacial score (nSPS) is 18.1.